The highest BCUT2D eigenvalue weighted by Crippen LogP contribution is 2.47. The number of amides is 1. The molecule has 114 valence electrons. The average Bonchev–Trinajstić information content (AvgIpc) is 3.30. The molecule has 0 spiro atoms. The number of halogens is 1. The van der Waals surface area contributed by atoms with Gasteiger partial charge in [-0.25, -0.2) is 0 Å². The molecular formula is C18H19BrN2O. The van der Waals surface area contributed by atoms with Crippen molar-refractivity contribution in [3.63, 3.8) is 0 Å². The smallest absolute Gasteiger partial charge is 0.223 e. The molecule has 2 aromatic rings. The van der Waals surface area contributed by atoms with E-state index in [2.05, 4.69) is 33.4 Å². The lowest BCUT2D eigenvalue weighted by molar-refractivity contribution is -0.122. The Hall–Kier alpha value is -1.81. The van der Waals surface area contributed by atoms with Gasteiger partial charge in [0.1, 0.15) is 0 Å². The Kier molecular flexibility index (Phi) is 4.48. The Balaban J connectivity index is 1.46. The molecule has 0 aliphatic heterocycles. The van der Waals surface area contributed by atoms with Gasteiger partial charge in [-0.15, -0.1) is 0 Å². The standard InChI is InChI=1S/C18H19BrN2O/c19-14-3-1-2-13(10-14)16-11-17(16)18(22)21-9-8-12-4-6-15(20)7-5-12/h1-7,10,16-17H,8-9,11,20H2,(H,21,22). The second-order valence-electron chi connectivity index (χ2n) is 5.79. The maximum absolute atomic E-state index is 12.2. The summed E-state index contributed by atoms with van der Waals surface area (Å²) in [4.78, 5) is 12.2. The van der Waals surface area contributed by atoms with Crippen LogP contribution < -0.4 is 11.1 Å². The van der Waals surface area contributed by atoms with Crippen molar-refractivity contribution in [1.29, 1.82) is 0 Å². The molecule has 2 unspecified atom stereocenters. The number of anilines is 1. The minimum absolute atomic E-state index is 0.126. The molecule has 2 atom stereocenters. The van der Waals surface area contributed by atoms with E-state index < -0.39 is 0 Å². The molecule has 1 amide bonds. The number of nitrogen functional groups attached to an aromatic ring is 1. The lowest BCUT2D eigenvalue weighted by Crippen LogP contribution is -2.27. The molecule has 0 heterocycles. The number of carbonyl (C=O) groups is 1. The van der Waals surface area contributed by atoms with Crippen LogP contribution in [0.2, 0.25) is 0 Å². The number of hydrogen-bond donors (Lipinski definition) is 2. The van der Waals surface area contributed by atoms with Crippen LogP contribution in [-0.4, -0.2) is 12.5 Å². The van der Waals surface area contributed by atoms with Gasteiger partial charge in [0.2, 0.25) is 5.91 Å². The average molecular weight is 359 g/mol. The molecule has 0 saturated heterocycles. The van der Waals surface area contributed by atoms with Gasteiger partial charge in [-0.05, 0) is 54.2 Å². The van der Waals surface area contributed by atoms with Crippen LogP contribution in [0.1, 0.15) is 23.5 Å². The summed E-state index contributed by atoms with van der Waals surface area (Å²) in [6.45, 7) is 0.671. The van der Waals surface area contributed by atoms with Gasteiger partial charge >= 0.3 is 0 Å². The summed E-state index contributed by atoms with van der Waals surface area (Å²) in [7, 11) is 0. The summed E-state index contributed by atoms with van der Waals surface area (Å²) in [6.07, 6.45) is 1.78. The molecule has 2 aromatic carbocycles. The summed E-state index contributed by atoms with van der Waals surface area (Å²) >= 11 is 3.48. The molecule has 0 bridgehead atoms. The first-order valence-electron chi connectivity index (χ1n) is 7.51. The van der Waals surface area contributed by atoms with Gasteiger partial charge in [0.25, 0.3) is 0 Å². The topological polar surface area (TPSA) is 55.1 Å². The van der Waals surface area contributed by atoms with Gasteiger partial charge in [0.05, 0.1) is 0 Å². The Bertz CT molecular complexity index is 669. The van der Waals surface area contributed by atoms with Crippen molar-refractivity contribution in [1.82, 2.24) is 5.32 Å². The third-order valence-electron chi connectivity index (χ3n) is 4.10. The normalized spacial score (nSPS) is 19.7. The first-order valence-corrected chi connectivity index (χ1v) is 8.30. The first kappa shape index (κ1) is 15.1. The Morgan fingerprint density at radius 1 is 1.23 bits per heavy atom. The van der Waals surface area contributed by atoms with Crippen LogP contribution in [0.15, 0.2) is 53.0 Å². The molecule has 3 nitrogen and oxygen atoms in total. The predicted octanol–water partition coefficient (Wildman–Crippen LogP) is 3.49. The summed E-state index contributed by atoms with van der Waals surface area (Å²) in [6, 6.07) is 16.0. The molecule has 0 aromatic heterocycles. The van der Waals surface area contributed by atoms with Crippen LogP contribution in [0.25, 0.3) is 0 Å². The Morgan fingerprint density at radius 3 is 2.73 bits per heavy atom. The molecule has 4 heteroatoms. The van der Waals surface area contributed by atoms with Crippen molar-refractivity contribution < 1.29 is 4.79 Å². The van der Waals surface area contributed by atoms with E-state index in [1.165, 1.54) is 11.1 Å². The van der Waals surface area contributed by atoms with Crippen LogP contribution in [0, 0.1) is 5.92 Å². The molecule has 1 fully saturated rings. The van der Waals surface area contributed by atoms with Crippen molar-refractivity contribution in [3.05, 3.63) is 64.1 Å². The van der Waals surface area contributed by atoms with E-state index in [0.29, 0.717) is 12.5 Å². The van der Waals surface area contributed by atoms with E-state index in [9.17, 15) is 4.79 Å². The van der Waals surface area contributed by atoms with E-state index in [1.54, 1.807) is 0 Å². The number of rotatable bonds is 5. The fraction of sp³-hybridized carbons (Fsp3) is 0.278. The maximum Gasteiger partial charge on any atom is 0.223 e. The minimum Gasteiger partial charge on any atom is -0.399 e. The van der Waals surface area contributed by atoms with Crippen molar-refractivity contribution >= 4 is 27.5 Å². The van der Waals surface area contributed by atoms with Crippen molar-refractivity contribution in [2.45, 2.75) is 18.8 Å². The minimum atomic E-state index is 0.126. The summed E-state index contributed by atoms with van der Waals surface area (Å²) in [5.41, 5.74) is 8.86. The van der Waals surface area contributed by atoms with E-state index in [4.69, 9.17) is 5.73 Å². The summed E-state index contributed by atoms with van der Waals surface area (Å²) in [5, 5.41) is 3.04. The van der Waals surface area contributed by atoms with Gasteiger partial charge in [0.15, 0.2) is 0 Å². The largest absolute Gasteiger partial charge is 0.399 e. The van der Waals surface area contributed by atoms with Gasteiger partial charge < -0.3 is 11.1 Å². The summed E-state index contributed by atoms with van der Waals surface area (Å²) in [5.74, 6) is 0.662. The lowest BCUT2D eigenvalue weighted by atomic mass is 10.1. The van der Waals surface area contributed by atoms with Crippen LogP contribution in [0.3, 0.4) is 0 Å². The lowest BCUT2D eigenvalue weighted by Gasteiger charge is -2.06. The Morgan fingerprint density at radius 2 is 2.00 bits per heavy atom. The van der Waals surface area contributed by atoms with Crippen LogP contribution in [-0.2, 0) is 11.2 Å². The highest BCUT2D eigenvalue weighted by atomic mass is 79.9. The number of benzene rings is 2. The van der Waals surface area contributed by atoms with E-state index in [0.717, 1.165) is 23.0 Å². The highest BCUT2D eigenvalue weighted by molar-refractivity contribution is 9.10. The molecule has 3 rings (SSSR count). The van der Waals surface area contributed by atoms with Crippen LogP contribution in [0.4, 0.5) is 5.69 Å². The quantitative estimate of drug-likeness (QED) is 0.803. The molecule has 0 radical (unpaired) electrons. The zero-order valence-corrected chi connectivity index (χ0v) is 13.8. The number of nitrogens with one attached hydrogen (secondary N) is 1. The Labute approximate surface area is 139 Å². The summed E-state index contributed by atoms with van der Waals surface area (Å²) < 4.78 is 1.07. The van der Waals surface area contributed by atoms with Gasteiger partial charge in [-0.2, -0.15) is 0 Å². The van der Waals surface area contributed by atoms with Crippen LogP contribution >= 0.6 is 15.9 Å². The van der Waals surface area contributed by atoms with Crippen molar-refractivity contribution in [3.8, 4) is 0 Å². The maximum atomic E-state index is 12.2. The fourth-order valence-corrected chi connectivity index (χ4v) is 3.15. The molecular weight excluding hydrogens is 340 g/mol. The van der Waals surface area contributed by atoms with Crippen LogP contribution in [0.5, 0.6) is 0 Å². The monoisotopic (exact) mass is 358 g/mol. The van der Waals surface area contributed by atoms with E-state index in [-0.39, 0.29) is 11.8 Å². The third kappa shape index (κ3) is 3.69. The molecule has 1 aliphatic carbocycles. The number of carbonyl (C=O) groups excluding carboxylic acids is 1. The second-order valence-corrected chi connectivity index (χ2v) is 6.70. The van der Waals surface area contributed by atoms with Gasteiger partial charge in [-0.1, -0.05) is 40.2 Å². The first-order chi connectivity index (χ1) is 10.6. The molecule has 22 heavy (non-hydrogen) atoms. The van der Waals surface area contributed by atoms with Gasteiger partial charge in [0, 0.05) is 22.6 Å². The number of hydrogen-bond acceptors (Lipinski definition) is 2. The predicted molar refractivity (Wildman–Crippen MR) is 92.6 cm³/mol. The third-order valence-corrected chi connectivity index (χ3v) is 4.59. The fourth-order valence-electron chi connectivity index (χ4n) is 2.74. The van der Waals surface area contributed by atoms with E-state index in [1.807, 2.05) is 36.4 Å². The van der Waals surface area contributed by atoms with E-state index >= 15 is 0 Å². The zero-order chi connectivity index (χ0) is 15.5. The van der Waals surface area contributed by atoms with Gasteiger partial charge in [-0.3, -0.25) is 4.79 Å². The van der Waals surface area contributed by atoms with Crippen molar-refractivity contribution in [2.75, 3.05) is 12.3 Å². The zero-order valence-electron chi connectivity index (χ0n) is 12.3. The molecule has 1 saturated carbocycles. The van der Waals surface area contributed by atoms with Crippen molar-refractivity contribution in [2.24, 2.45) is 5.92 Å². The second kappa shape index (κ2) is 6.53. The number of nitrogens with two attached hydrogens (primary N) is 1. The molecule has 3 N–H and O–H groups in total. The highest BCUT2D eigenvalue weighted by Gasteiger charge is 2.43. The SMILES string of the molecule is Nc1ccc(CCNC(=O)C2CC2c2cccc(Br)c2)cc1. The molecule has 1 aliphatic rings.